The molecule has 1 aromatic rings. The summed E-state index contributed by atoms with van der Waals surface area (Å²) in [7, 11) is 0. The lowest BCUT2D eigenvalue weighted by molar-refractivity contribution is -0.149. The maximum Gasteiger partial charge on any atom is 0.311 e. The molecule has 0 saturated carbocycles. The van der Waals surface area contributed by atoms with E-state index in [1.165, 1.54) is 0 Å². The van der Waals surface area contributed by atoms with E-state index in [1.54, 1.807) is 45.0 Å². The van der Waals surface area contributed by atoms with E-state index in [0.29, 0.717) is 23.6 Å². The van der Waals surface area contributed by atoms with Gasteiger partial charge in [-0.3, -0.25) is 9.59 Å². The van der Waals surface area contributed by atoms with Gasteiger partial charge in [0.15, 0.2) is 6.10 Å². The van der Waals surface area contributed by atoms with Crippen molar-refractivity contribution < 1.29 is 19.4 Å². The minimum absolute atomic E-state index is 0.0808. The third kappa shape index (κ3) is 4.63. The molecule has 0 heterocycles. The predicted octanol–water partition coefficient (Wildman–Crippen LogP) is 3.11. The van der Waals surface area contributed by atoms with Crippen molar-refractivity contribution in [1.29, 1.82) is 0 Å². The lowest BCUT2D eigenvalue weighted by atomic mass is 9.82. The summed E-state index contributed by atoms with van der Waals surface area (Å²) in [6.07, 6.45) is 0.157. The summed E-state index contributed by atoms with van der Waals surface area (Å²) < 4.78 is 5.51. The predicted molar refractivity (Wildman–Crippen MR) is 85.2 cm³/mol. The molecule has 0 bridgehead atoms. The fourth-order valence-corrected chi connectivity index (χ4v) is 2.26. The van der Waals surface area contributed by atoms with Crippen LogP contribution in [0.2, 0.25) is 5.02 Å². The Morgan fingerprint density at radius 3 is 2.50 bits per heavy atom. The van der Waals surface area contributed by atoms with Crippen LogP contribution in [0, 0.1) is 5.41 Å². The van der Waals surface area contributed by atoms with Crippen LogP contribution in [0.15, 0.2) is 24.3 Å². The summed E-state index contributed by atoms with van der Waals surface area (Å²) in [6, 6.07) is 6.76. The Bertz CT molecular complexity index is 529. The summed E-state index contributed by atoms with van der Waals surface area (Å²) in [5, 5.41) is 12.5. The third-order valence-electron chi connectivity index (χ3n) is 3.89. The van der Waals surface area contributed by atoms with Crippen molar-refractivity contribution in [2.75, 3.05) is 6.54 Å². The van der Waals surface area contributed by atoms with Crippen LogP contribution >= 0.6 is 11.6 Å². The Hall–Kier alpha value is -1.75. The molecule has 2 N–H and O–H groups in total. The maximum atomic E-state index is 12.1. The first-order chi connectivity index (χ1) is 10.3. The average molecular weight is 328 g/mol. The van der Waals surface area contributed by atoms with Crippen LogP contribution in [0.3, 0.4) is 0 Å². The molecule has 1 amide bonds. The monoisotopic (exact) mass is 327 g/mol. The maximum absolute atomic E-state index is 12.1. The molecule has 22 heavy (non-hydrogen) atoms. The minimum Gasteiger partial charge on any atom is -0.481 e. The lowest BCUT2D eigenvalue weighted by Gasteiger charge is -2.27. The number of halogens is 1. The number of amides is 1. The van der Waals surface area contributed by atoms with Crippen LogP contribution in [-0.2, 0) is 9.59 Å². The van der Waals surface area contributed by atoms with Gasteiger partial charge in [0.25, 0.3) is 5.91 Å². The molecule has 0 radical (unpaired) electrons. The van der Waals surface area contributed by atoms with Crippen molar-refractivity contribution in [1.82, 2.24) is 5.32 Å². The number of carbonyl (C=O) groups excluding carboxylic acids is 1. The Morgan fingerprint density at radius 1 is 1.36 bits per heavy atom. The Kier molecular flexibility index (Phi) is 6.68. The largest absolute Gasteiger partial charge is 0.481 e. The van der Waals surface area contributed by atoms with Crippen LogP contribution in [0.25, 0.3) is 0 Å². The first kappa shape index (κ1) is 18.3. The Labute approximate surface area is 135 Å². The fourth-order valence-electron chi connectivity index (χ4n) is 2.08. The molecule has 6 heteroatoms. The number of carbonyl (C=O) groups is 2. The normalized spacial score (nSPS) is 12.5. The zero-order chi connectivity index (χ0) is 16.8. The average Bonchev–Trinajstić information content (AvgIpc) is 2.48. The topological polar surface area (TPSA) is 75.6 Å². The van der Waals surface area contributed by atoms with Crippen LogP contribution < -0.4 is 10.1 Å². The molecule has 1 rings (SSSR count). The van der Waals surface area contributed by atoms with E-state index < -0.39 is 17.5 Å². The van der Waals surface area contributed by atoms with E-state index >= 15 is 0 Å². The number of rotatable bonds is 8. The van der Waals surface area contributed by atoms with E-state index in [9.17, 15) is 14.7 Å². The highest BCUT2D eigenvalue weighted by Crippen LogP contribution is 2.25. The molecule has 0 aliphatic heterocycles. The van der Waals surface area contributed by atoms with Crippen LogP contribution in [0.4, 0.5) is 0 Å². The molecule has 1 aromatic carbocycles. The molecule has 0 spiro atoms. The van der Waals surface area contributed by atoms with E-state index in [0.717, 1.165) is 0 Å². The summed E-state index contributed by atoms with van der Waals surface area (Å²) in [5.74, 6) is -0.764. The van der Waals surface area contributed by atoms with Crippen molar-refractivity contribution in [3.8, 4) is 5.75 Å². The minimum atomic E-state index is -0.939. The van der Waals surface area contributed by atoms with Crippen molar-refractivity contribution in [2.45, 2.75) is 39.7 Å². The van der Waals surface area contributed by atoms with Gasteiger partial charge in [0, 0.05) is 11.6 Å². The van der Waals surface area contributed by atoms with E-state index in [-0.39, 0.29) is 12.5 Å². The number of carboxylic acid groups (broad SMARTS) is 1. The molecular formula is C16H22ClNO4. The van der Waals surface area contributed by atoms with Gasteiger partial charge in [0.05, 0.1) is 5.41 Å². The second-order valence-corrected chi connectivity index (χ2v) is 5.66. The van der Waals surface area contributed by atoms with Crippen molar-refractivity contribution in [3.63, 3.8) is 0 Å². The van der Waals surface area contributed by atoms with Gasteiger partial charge in [0.2, 0.25) is 0 Å². The van der Waals surface area contributed by atoms with E-state index in [1.807, 2.05) is 0 Å². The number of benzene rings is 1. The summed E-state index contributed by atoms with van der Waals surface area (Å²) in [6.45, 7) is 5.29. The zero-order valence-corrected chi connectivity index (χ0v) is 13.8. The molecule has 122 valence electrons. The van der Waals surface area contributed by atoms with Crippen molar-refractivity contribution in [3.05, 3.63) is 29.3 Å². The molecule has 1 unspecified atom stereocenters. The van der Waals surface area contributed by atoms with Gasteiger partial charge in [-0.25, -0.2) is 0 Å². The number of hydrogen-bond acceptors (Lipinski definition) is 3. The molecule has 5 nitrogen and oxygen atoms in total. The first-order valence-electron chi connectivity index (χ1n) is 7.28. The van der Waals surface area contributed by atoms with Gasteiger partial charge in [0.1, 0.15) is 5.75 Å². The van der Waals surface area contributed by atoms with Gasteiger partial charge < -0.3 is 15.2 Å². The molecule has 1 atom stereocenters. The van der Waals surface area contributed by atoms with Gasteiger partial charge in [-0.15, -0.1) is 0 Å². The lowest BCUT2D eigenvalue weighted by Crippen LogP contribution is -2.46. The van der Waals surface area contributed by atoms with Crippen LogP contribution in [0.1, 0.15) is 33.6 Å². The molecule has 0 aliphatic rings. The van der Waals surface area contributed by atoms with Gasteiger partial charge in [-0.05, 0) is 38.0 Å². The Balaban J connectivity index is 2.62. The summed E-state index contributed by atoms with van der Waals surface area (Å²) in [4.78, 5) is 23.5. The van der Waals surface area contributed by atoms with E-state index in [2.05, 4.69) is 5.32 Å². The molecule has 0 saturated heterocycles. The van der Waals surface area contributed by atoms with Gasteiger partial charge in [-0.1, -0.05) is 31.5 Å². The first-order valence-corrected chi connectivity index (χ1v) is 7.65. The summed E-state index contributed by atoms with van der Waals surface area (Å²) >= 11 is 5.86. The second-order valence-electron chi connectivity index (χ2n) is 5.23. The van der Waals surface area contributed by atoms with Gasteiger partial charge in [-0.2, -0.15) is 0 Å². The molecule has 0 fully saturated rings. The summed E-state index contributed by atoms with van der Waals surface area (Å²) in [5.41, 5.74) is -0.939. The number of ether oxygens (including phenoxy) is 1. The second kappa shape index (κ2) is 8.03. The SMILES string of the molecule is CCC(CC)(CNC(=O)C(C)Oc1cccc(Cl)c1)C(=O)O. The zero-order valence-electron chi connectivity index (χ0n) is 13.1. The fraction of sp³-hybridized carbons (Fsp3) is 0.500. The van der Waals surface area contributed by atoms with Gasteiger partial charge >= 0.3 is 5.97 Å². The molecule has 0 aromatic heterocycles. The third-order valence-corrected chi connectivity index (χ3v) is 4.12. The van der Waals surface area contributed by atoms with E-state index in [4.69, 9.17) is 16.3 Å². The number of nitrogens with one attached hydrogen (secondary N) is 1. The van der Waals surface area contributed by atoms with Crippen molar-refractivity contribution in [2.24, 2.45) is 5.41 Å². The molecule has 0 aliphatic carbocycles. The highest BCUT2D eigenvalue weighted by atomic mass is 35.5. The quantitative estimate of drug-likeness (QED) is 0.769. The van der Waals surface area contributed by atoms with Crippen molar-refractivity contribution >= 4 is 23.5 Å². The smallest absolute Gasteiger partial charge is 0.311 e. The standard InChI is InChI=1S/C16H22ClNO4/c1-4-16(5-2,15(20)21)10-18-14(19)11(3)22-13-8-6-7-12(17)9-13/h6-9,11H,4-5,10H2,1-3H3,(H,18,19)(H,20,21). The number of carboxylic acids is 1. The van der Waals surface area contributed by atoms with Crippen LogP contribution in [-0.4, -0.2) is 29.6 Å². The number of hydrogen-bond donors (Lipinski definition) is 2. The Morgan fingerprint density at radius 2 is 2.00 bits per heavy atom. The van der Waals surface area contributed by atoms with Crippen LogP contribution in [0.5, 0.6) is 5.75 Å². The molecular weight excluding hydrogens is 306 g/mol. The highest BCUT2D eigenvalue weighted by molar-refractivity contribution is 6.30. The highest BCUT2D eigenvalue weighted by Gasteiger charge is 2.35. The number of aliphatic carboxylic acids is 1.